The highest BCUT2D eigenvalue weighted by molar-refractivity contribution is 5.67. The molecule has 5 rings (SSSR count). The van der Waals surface area contributed by atoms with Crippen molar-refractivity contribution in [3.05, 3.63) is 42.5 Å². The van der Waals surface area contributed by atoms with Gasteiger partial charge in [0.2, 0.25) is 5.79 Å². The Labute approximate surface area is 195 Å². The second kappa shape index (κ2) is 10.7. The Hall–Kier alpha value is -2.32. The molecule has 0 radical (unpaired) electrons. The topological polar surface area (TPSA) is 96.5 Å². The van der Waals surface area contributed by atoms with Crippen LogP contribution in [0.15, 0.2) is 42.5 Å². The predicted molar refractivity (Wildman–Crippen MR) is 124 cm³/mol. The summed E-state index contributed by atoms with van der Waals surface area (Å²) in [7, 11) is 0. The van der Waals surface area contributed by atoms with Crippen LogP contribution in [-0.4, -0.2) is 60.7 Å². The van der Waals surface area contributed by atoms with Gasteiger partial charge in [-0.2, -0.15) is 0 Å². The van der Waals surface area contributed by atoms with E-state index in [2.05, 4.69) is 6.92 Å². The zero-order chi connectivity index (χ0) is 23.3. The molecule has 0 amide bonds. The number of ether oxygens (including phenoxy) is 5. The number of phenols is 2. The molecule has 3 aliphatic heterocycles. The zero-order valence-electron chi connectivity index (χ0n) is 19.4. The molecule has 7 nitrogen and oxygen atoms in total. The molecule has 2 aromatic rings. The number of epoxide rings is 3. The summed E-state index contributed by atoms with van der Waals surface area (Å²) in [6.45, 7) is 7.45. The Morgan fingerprint density at radius 3 is 2.15 bits per heavy atom. The first kappa shape index (κ1) is 23.8. The van der Waals surface area contributed by atoms with Crippen molar-refractivity contribution >= 4 is 0 Å². The quantitative estimate of drug-likeness (QED) is 0.474. The molecular weight excluding hydrogens is 424 g/mol. The van der Waals surface area contributed by atoms with Gasteiger partial charge in [-0.25, -0.2) is 0 Å². The Bertz CT molecular complexity index is 880. The summed E-state index contributed by atoms with van der Waals surface area (Å²) < 4.78 is 27.0. The fourth-order valence-corrected chi connectivity index (χ4v) is 3.62. The summed E-state index contributed by atoms with van der Waals surface area (Å²) in [5, 5.41) is 19.6. The average molecular weight is 459 g/mol. The van der Waals surface area contributed by atoms with E-state index in [1.165, 1.54) is 0 Å². The minimum Gasteiger partial charge on any atom is -0.508 e. The highest BCUT2D eigenvalue weighted by Gasteiger charge is 2.57. The highest BCUT2D eigenvalue weighted by Crippen LogP contribution is 2.46. The molecule has 3 aliphatic rings. The van der Waals surface area contributed by atoms with Crippen LogP contribution in [0.5, 0.6) is 17.2 Å². The largest absolute Gasteiger partial charge is 0.508 e. The molecule has 3 heterocycles. The minimum absolute atomic E-state index is 0.0965. The van der Waals surface area contributed by atoms with E-state index in [4.69, 9.17) is 23.7 Å². The molecule has 33 heavy (non-hydrogen) atoms. The molecule has 3 fully saturated rings. The maximum Gasteiger partial charge on any atom is 0.237 e. The summed E-state index contributed by atoms with van der Waals surface area (Å²) in [4.78, 5) is 0. The monoisotopic (exact) mass is 458 g/mol. The van der Waals surface area contributed by atoms with E-state index < -0.39 is 5.79 Å². The van der Waals surface area contributed by atoms with Gasteiger partial charge in [0, 0.05) is 6.42 Å². The van der Waals surface area contributed by atoms with Crippen LogP contribution in [0.3, 0.4) is 0 Å². The Morgan fingerprint density at radius 2 is 1.58 bits per heavy atom. The molecule has 0 bridgehead atoms. The number of benzene rings is 2. The fraction of sp³-hybridized carbons (Fsp3) is 0.538. The van der Waals surface area contributed by atoms with Crippen molar-refractivity contribution in [2.75, 3.05) is 26.4 Å². The molecule has 4 atom stereocenters. The second-order valence-corrected chi connectivity index (χ2v) is 8.69. The molecule has 180 valence electrons. The highest BCUT2D eigenvalue weighted by atomic mass is 16.8. The first-order valence-electron chi connectivity index (χ1n) is 11.8. The van der Waals surface area contributed by atoms with Crippen molar-refractivity contribution in [2.24, 2.45) is 0 Å². The Kier molecular flexibility index (Phi) is 7.75. The summed E-state index contributed by atoms with van der Waals surface area (Å²) in [5.41, 5.74) is 1.86. The van der Waals surface area contributed by atoms with Gasteiger partial charge >= 0.3 is 0 Å². The number of hydrogen-bond donors (Lipinski definition) is 2. The van der Waals surface area contributed by atoms with Gasteiger partial charge in [0.25, 0.3) is 0 Å². The first-order chi connectivity index (χ1) is 16.0. The van der Waals surface area contributed by atoms with Crippen molar-refractivity contribution in [1.82, 2.24) is 0 Å². The number of aromatic hydroxyl groups is 2. The van der Waals surface area contributed by atoms with Crippen LogP contribution in [0.2, 0.25) is 0 Å². The summed E-state index contributed by atoms with van der Waals surface area (Å²) >= 11 is 0. The summed E-state index contributed by atoms with van der Waals surface area (Å²) in [6, 6.07) is 12.2. The number of hydrogen-bond acceptors (Lipinski definition) is 7. The minimum atomic E-state index is -0.611. The lowest BCUT2D eigenvalue weighted by atomic mass is 10.0. The predicted octanol–water partition coefficient (Wildman–Crippen LogP) is 4.64. The molecule has 0 spiro atoms. The van der Waals surface area contributed by atoms with Crippen molar-refractivity contribution in [3.63, 3.8) is 0 Å². The van der Waals surface area contributed by atoms with E-state index in [0.717, 1.165) is 63.2 Å². The maximum atomic E-state index is 10.2. The molecule has 4 unspecified atom stereocenters. The van der Waals surface area contributed by atoms with Gasteiger partial charge in [-0.05, 0) is 41.8 Å². The van der Waals surface area contributed by atoms with Crippen molar-refractivity contribution in [1.29, 1.82) is 0 Å². The van der Waals surface area contributed by atoms with Gasteiger partial charge in [0.15, 0.2) is 11.5 Å². The number of rotatable bonds is 11. The third kappa shape index (κ3) is 6.84. The molecule has 3 saturated heterocycles. The normalized spacial score (nSPS) is 26.8. The van der Waals surface area contributed by atoms with Gasteiger partial charge < -0.3 is 33.9 Å². The molecule has 0 aromatic heterocycles. The summed E-state index contributed by atoms with van der Waals surface area (Å²) in [5.74, 6) is 0.154. The smallest absolute Gasteiger partial charge is 0.237 e. The van der Waals surface area contributed by atoms with Gasteiger partial charge in [0.1, 0.15) is 24.1 Å². The SMILES string of the molecule is C(OCC1CO1)C1CO1.CCCCC1OC1(CC)Oc1cc(-c2ccc(O)cc2)ccc1O. The molecular formula is C26H34O7. The van der Waals surface area contributed by atoms with Gasteiger partial charge in [-0.1, -0.05) is 44.9 Å². The molecule has 7 heteroatoms. The van der Waals surface area contributed by atoms with Crippen LogP contribution >= 0.6 is 0 Å². The van der Waals surface area contributed by atoms with Gasteiger partial charge in [-0.3, -0.25) is 0 Å². The Balaban J connectivity index is 0.000000238. The van der Waals surface area contributed by atoms with Crippen LogP contribution in [0.1, 0.15) is 39.5 Å². The lowest BCUT2D eigenvalue weighted by Gasteiger charge is -2.16. The fourth-order valence-electron chi connectivity index (χ4n) is 3.62. The molecule has 2 N–H and O–H groups in total. The third-order valence-electron chi connectivity index (χ3n) is 5.94. The standard InChI is InChI=1S/C20H24O4.C6H10O3/c1-3-5-6-19-20(4-2,24-19)23-18-13-15(9-12-17(18)22)14-7-10-16(21)11-8-14;1(5-3-8-5)7-2-6-4-9-6/h7-13,19,21-22H,3-6H2,1-2H3;5-6H,1-4H2. The van der Waals surface area contributed by atoms with Crippen LogP contribution in [-0.2, 0) is 18.9 Å². The van der Waals surface area contributed by atoms with E-state index in [-0.39, 0.29) is 17.6 Å². The number of unbranched alkanes of at least 4 members (excludes halogenated alkanes) is 1. The molecule has 0 saturated carbocycles. The first-order valence-corrected chi connectivity index (χ1v) is 11.8. The van der Waals surface area contributed by atoms with Crippen molar-refractivity contribution < 1.29 is 33.9 Å². The zero-order valence-corrected chi connectivity index (χ0v) is 19.4. The van der Waals surface area contributed by atoms with E-state index in [1.54, 1.807) is 18.2 Å². The van der Waals surface area contributed by atoms with Crippen LogP contribution in [0.4, 0.5) is 0 Å². The molecule has 0 aliphatic carbocycles. The average Bonchev–Trinajstić information content (AvgIpc) is 3.69. The Morgan fingerprint density at radius 1 is 0.939 bits per heavy atom. The van der Waals surface area contributed by atoms with Crippen LogP contribution in [0.25, 0.3) is 11.1 Å². The third-order valence-corrected chi connectivity index (χ3v) is 5.94. The van der Waals surface area contributed by atoms with E-state index in [0.29, 0.717) is 18.0 Å². The van der Waals surface area contributed by atoms with E-state index >= 15 is 0 Å². The van der Waals surface area contributed by atoms with Crippen molar-refractivity contribution in [2.45, 2.75) is 63.6 Å². The van der Waals surface area contributed by atoms with Crippen LogP contribution in [0, 0.1) is 0 Å². The number of phenolic OH excluding ortho intramolecular Hbond substituents is 2. The molecule has 2 aromatic carbocycles. The maximum absolute atomic E-state index is 10.2. The van der Waals surface area contributed by atoms with Gasteiger partial charge in [-0.15, -0.1) is 0 Å². The van der Waals surface area contributed by atoms with E-state index in [9.17, 15) is 10.2 Å². The van der Waals surface area contributed by atoms with E-state index in [1.807, 2.05) is 31.2 Å². The van der Waals surface area contributed by atoms with Gasteiger partial charge in [0.05, 0.1) is 26.4 Å². The lowest BCUT2D eigenvalue weighted by Crippen LogP contribution is -2.22. The lowest BCUT2D eigenvalue weighted by molar-refractivity contribution is 0.0557. The summed E-state index contributed by atoms with van der Waals surface area (Å²) in [6.07, 6.45) is 4.83. The van der Waals surface area contributed by atoms with Crippen LogP contribution < -0.4 is 4.74 Å². The van der Waals surface area contributed by atoms with Crippen molar-refractivity contribution in [3.8, 4) is 28.4 Å². The second-order valence-electron chi connectivity index (χ2n) is 8.69.